The first kappa shape index (κ1) is 9.02. The van der Waals surface area contributed by atoms with Gasteiger partial charge in [-0.2, -0.15) is 0 Å². The Kier molecular flexibility index (Phi) is 2.13. The van der Waals surface area contributed by atoms with E-state index in [2.05, 4.69) is 0 Å². The van der Waals surface area contributed by atoms with Crippen LogP contribution in [0.25, 0.3) is 0 Å². The number of phenolic OH excluding ortho intramolecular Hbond substituents is 1. The number of rotatable bonds is 2. The van der Waals surface area contributed by atoms with Crippen molar-refractivity contribution in [3.05, 3.63) is 29.3 Å². The molecule has 0 aromatic heterocycles. The van der Waals surface area contributed by atoms with Crippen LogP contribution in [0.2, 0.25) is 0 Å². The van der Waals surface area contributed by atoms with Crippen LogP contribution in [-0.2, 0) is 16.1 Å². The van der Waals surface area contributed by atoms with Crippen molar-refractivity contribution in [2.24, 2.45) is 0 Å². The third-order valence-electron chi connectivity index (χ3n) is 2.27. The lowest BCUT2D eigenvalue weighted by molar-refractivity contribution is -0.140. The number of benzene rings is 1. The molecule has 1 aliphatic heterocycles. The number of carboxylic acid groups (broad SMARTS) is 1. The fraction of sp³-hybridized carbons (Fsp3) is 0.300. The minimum absolute atomic E-state index is 0.0300. The molecule has 2 rings (SSSR count). The minimum atomic E-state index is -0.879. The Morgan fingerprint density at radius 1 is 1.57 bits per heavy atom. The van der Waals surface area contributed by atoms with Gasteiger partial charge in [-0.15, -0.1) is 0 Å². The summed E-state index contributed by atoms with van der Waals surface area (Å²) in [5, 5.41) is 17.8. The first-order chi connectivity index (χ1) is 6.66. The summed E-state index contributed by atoms with van der Waals surface area (Å²) in [7, 11) is 0. The van der Waals surface area contributed by atoms with Crippen molar-refractivity contribution in [1.29, 1.82) is 0 Å². The molecule has 0 bridgehead atoms. The van der Waals surface area contributed by atoms with Gasteiger partial charge in [0, 0.05) is 0 Å². The van der Waals surface area contributed by atoms with Gasteiger partial charge < -0.3 is 14.9 Å². The quantitative estimate of drug-likeness (QED) is 0.747. The lowest BCUT2D eigenvalue weighted by Gasteiger charge is -2.07. The lowest BCUT2D eigenvalue weighted by atomic mass is 10.0. The number of carboxylic acids is 1. The molecule has 0 fully saturated rings. The van der Waals surface area contributed by atoms with Gasteiger partial charge in [-0.3, -0.25) is 4.79 Å². The molecule has 0 amide bonds. The van der Waals surface area contributed by atoms with Gasteiger partial charge in [-0.1, -0.05) is 6.07 Å². The van der Waals surface area contributed by atoms with E-state index in [9.17, 15) is 9.90 Å². The second-order valence-corrected chi connectivity index (χ2v) is 3.28. The molecule has 4 heteroatoms. The third-order valence-corrected chi connectivity index (χ3v) is 2.27. The van der Waals surface area contributed by atoms with Gasteiger partial charge in [0.1, 0.15) is 5.75 Å². The predicted molar refractivity (Wildman–Crippen MR) is 47.9 cm³/mol. The van der Waals surface area contributed by atoms with Crippen molar-refractivity contribution in [1.82, 2.24) is 0 Å². The van der Waals surface area contributed by atoms with Crippen molar-refractivity contribution in [3.63, 3.8) is 0 Å². The molecule has 74 valence electrons. The van der Waals surface area contributed by atoms with E-state index in [-0.39, 0.29) is 18.3 Å². The maximum atomic E-state index is 10.5. The number of fused-ring (bicyclic) bond motifs is 1. The predicted octanol–water partition coefficient (Wildman–Crippen LogP) is 1.44. The average molecular weight is 194 g/mol. The molecule has 1 atom stereocenters. The molecular weight excluding hydrogens is 184 g/mol. The van der Waals surface area contributed by atoms with Gasteiger partial charge in [-0.05, 0) is 23.3 Å². The monoisotopic (exact) mass is 194 g/mol. The van der Waals surface area contributed by atoms with Crippen LogP contribution >= 0.6 is 0 Å². The second kappa shape index (κ2) is 3.31. The highest BCUT2D eigenvalue weighted by Crippen LogP contribution is 2.34. The number of aliphatic carboxylic acids is 1. The summed E-state index contributed by atoms with van der Waals surface area (Å²) in [4.78, 5) is 10.5. The number of hydrogen-bond donors (Lipinski definition) is 2. The van der Waals surface area contributed by atoms with E-state index in [0.29, 0.717) is 6.61 Å². The van der Waals surface area contributed by atoms with Crippen molar-refractivity contribution in [2.75, 3.05) is 0 Å². The summed E-state index contributed by atoms with van der Waals surface area (Å²) in [5.74, 6) is -0.695. The van der Waals surface area contributed by atoms with Gasteiger partial charge in [-0.25, -0.2) is 0 Å². The summed E-state index contributed by atoms with van der Waals surface area (Å²) < 4.78 is 5.30. The molecule has 2 N–H and O–H groups in total. The Balaban J connectivity index is 2.26. The summed E-state index contributed by atoms with van der Waals surface area (Å²) in [6, 6.07) is 4.87. The van der Waals surface area contributed by atoms with Gasteiger partial charge in [0.2, 0.25) is 0 Å². The number of hydrogen-bond acceptors (Lipinski definition) is 3. The molecule has 1 aromatic rings. The Bertz CT molecular complexity index is 372. The number of ether oxygens (including phenoxy) is 1. The molecule has 14 heavy (non-hydrogen) atoms. The van der Waals surface area contributed by atoms with Crippen LogP contribution in [0.4, 0.5) is 0 Å². The fourth-order valence-corrected chi connectivity index (χ4v) is 1.64. The minimum Gasteiger partial charge on any atom is -0.508 e. The Morgan fingerprint density at radius 3 is 3.07 bits per heavy atom. The molecule has 0 saturated heterocycles. The van der Waals surface area contributed by atoms with Crippen LogP contribution in [-0.4, -0.2) is 16.2 Å². The third kappa shape index (κ3) is 1.56. The summed E-state index contributed by atoms with van der Waals surface area (Å²) >= 11 is 0. The molecule has 4 nitrogen and oxygen atoms in total. The van der Waals surface area contributed by atoms with E-state index in [1.807, 2.05) is 0 Å². The highest BCUT2D eigenvalue weighted by molar-refractivity contribution is 5.68. The Morgan fingerprint density at radius 2 is 2.36 bits per heavy atom. The normalized spacial score (nSPS) is 19.3. The SMILES string of the molecule is O=C(O)CC1OCc2cc(O)ccc21. The molecule has 0 aliphatic carbocycles. The van der Waals surface area contributed by atoms with Crippen molar-refractivity contribution in [3.8, 4) is 5.75 Å². The van der Waals surface area contributed by atoms with Crippen LogP contribution in [0.5, 0.6) is 5.75 Å². The molecule has 0 spiro atoms. The second-order valence-electron chi connectivity index (χ2n) is 3.28. The molecule has 1 aromatic carbocycles. The van der Waals surface area contributed by atoms with Crippen molar-refractivity contribution in [2.45, 2.75) is 19.1 Å². The van der Waals surface area contributed by atoms with E-state index < -0.39 is 5.97 Å². The number of aromatic hydroxyl groups is 1. The van der Waals surface area contributed by atoms with Gasteiger partial charge in [0.25, 0.3) is 0 Å². The molecule has 1 unspecified atom stereocenters. The molecule has 0 saturated carbocycles. The lowest BCUT2D eigenvalue weighted by Crippen LogP contribution is -2.04. The van der Waals surface area contributed by atoms with Crippen molar-refractivity contribution >= 4 is 5.97 Å². The maximum absolute atomic E-state index is 10.5. The van der Waals surface area contributed by atoms with Crippen LogP contribution < -0.4 is 0 Å². The molecule has 1 heterocycles. The van der Waals surface area contributed by atoms with E-state index in [1.54, 1.807) is 18.2 Å². The van der Waals surface area contributed by atoms with E-state index in [1.165, 1.54) is 0 Å². The molecular formula is C10H10O4. The highest BCUT2D eigenvalue weighted by Gasteiger charge is 2.25. The zero-order valence-electron chi connectivity index (χ0n) is 7.43. The largest absolute Gasteiger partial charge is 0.508 e. The zero-order valence-corrected chi connectivity index (χ0v) is 7.43. The standard InChI is InChI=1S/C10H10O4/c11-7-1-2-8-6(3-7)5-14-9(8)4-10(12)13/h1-3,9,11H,4-5H2,(H,12,13). The van der Waals surface area contributed by atoms with E-state index >= 15 is 0 Å². The van der Waals surface area contributed by atoms with Gasteiger partial charge in [0.15, 0.2) is 0 Å². The van der Waals surface area contributed by atoms with E-state index in [4.69, 9.17) is 9.84 Å². The average Bonchev–Trinajstić information content (AvgIpc) is 2.47. The first-order valence-electron chi connectivity index (χ1n) is 4.32. The fourth-order valence-electron chi connectivity index (χ4n) is 1.64. The van der Waals surface area contributed by atoms with Crippen LogP contribution in [0.15, 0.2) is 18.2 Å². The van der Waals surface area contributed by atoms with E-state index in [0.717, 1.165) is 11.1 Å². The topological polar surface area (TPSA) is 66.8 Å². The Hall–Kier alpha value is -1.55. The van der Waals surface area contributed by atoms with Crippen LogP contribution in [0.1, 0.15) is 23.7 Å². The first-order valence-corrected chi connectivity index (χ1v) is 4.32. The van der Waals surface area contributed by atoms with Crippen LogP contribution in [0, 0.1) is 0 Å². The molecule has 0 radical (unpaired) electrons. The van der Waals surface area contributed by atoms with Crippen LogP contribution in [0.3, 0.4) is 0 Å². The van der Waals surface area contributed by atoms with Gasteiger partial charge >= 0.3 is 5.97 Å². The number of carbonyl (C=O) groups is 1. The van der Waals surface area contributed by atoms with Crippen molar-refractivity contribution < 1.29 is 19.7 Å². The smallest absolute Gasteiger partial charge is 0.306 e. The molecule has 1 aliphatic rings. The van der Waals surface area contributed by atoms with Gasteiger partial charge in [0.05, 0.1) is 19.1 Å². The maximum Gasteiger partial charge on any atom is 0.306 e. The summed E-state index contributed by atoms with van der Waals surface area (Å²) in [6.45, 7) is 0.377. The number of phenols is 1. The summed E-state index contributed by atoms with van der Waals surface area (Å²) in [6.07, 6.45) is -0.402. The summed E-state index contributed by atoms with van der Waals surface area (Å²) in [5.41, 5.74) is 1.74. The highest BCUT2D eigenvalue weighted by atomic mass is 16.5. The zero-order chi connectivity index (χ0) is 10.1. The Labute approximate surface area is 80.7 Å².